The van der Waals surface area contributed by atoms with E-state index >= 15 is 0 Å². The van der Waals surface area contributed by atoms with Crippen molar-refractivity contribution in [2.24, 2.45) is 5.73 Å². The molecule has 120 valence electrons. The molecule has 1 atom stereocenters. The molecule has 5 N–H and O–H groups in total. The largest absolute Gasteiger partial charge is 0.512 e. The smallest absolute Gasteiger partial charge is 0.335 e. The SMILES string of the molecule is CCCC(O)=C(CC(N)CC)C(CC)(CC)P(=O)(O)O. The first-order valence-electron chi connectivity index (χ1n) is 7.42. The molecule has 6 heteroatoms. The van der Waals surface area contributed by atoms with E-state index in [0.717, 1.165) is 6.42 Å². The van der Waals surface area contributed by atoms with Crippen molar-refractivity contribution in [2.75, 3.05) is 0 Å². The molecule has 0 aliphatic carbocycles. The van der Waals surface area contributed by atoms with Gasteiger partial charge in [-0.3, -0.25) is 4.57 Å². The Labute approximate surface area is 122 Å². The number of aliphatic hydroxyl groups is 1. The Kier molecular flexibility index (Phi) is 8.04. The molecule has 0 saturated carbocycles. The lowest BCUT2D eigenvalue weighted by Crippen LogP contribution is -2.35. The minimum Gasteiger partial charge on any atom is -0.512 e. The summed E-state index contributed by atoms with van der Waals surface area (Å²) in [6, 6.07) is -0.201. The molecule has 0 amide bonds. The van der Waals surface area contributed by atoms with Crippen molar-refractivity contribution < 1.29 is 19.5 Å². The third-order valence-corrected chi connectivity index (χ3v) is 6.13. The van der Waals surface area contributed by atoms with E-state index in [2.05, 4.69) is 0 Å². The van der Waals surface area contributed by atoms with E-state index in [1.54, 1.807) is 13.8 Å². The maximum absolute atomic E-state index is 12.0. The van der Waals surface area contributed by atoms with Crippen molar-refractivity contribution >= 4 is 7.60 Å². The summed E-state index contributed by atoms with van der Waals surface area (Å²) in [6.07, 6.45) is 2.75. The minimum atomic E-state index is -4.38. The van der Waals surface area contributed by atoms with Gasteiger partial charge in [-0.25, -0.2) is 0 Å². The summed E-state index contributed by atoms with van der Waals surface area (Å²) in [5.74, 6) is 0.100. The topological polar surface area (TPSA) is 104 Å². The van der Waals surface area contributed by atoms with Crippen LogP contribution in [-0.2, 0) is 4.57 Å². The van der Waals surface area contributed by atoms with E-state index in [4.69, 9.17) is 5.73 Å². The van der Waals surface area contributed by atoms with Crippen molar-refractivity contribution in [1.29, 1.82) is 0 Å². The lowest BCUT2D eigenvalue weighted by Gasteiger charge is -2.36. The van der Waals surface area contributed by atoms with Gasteiger partial charge in [0, 0.05) is 12.5 Å². The van der Waals surface area contributed by atoms with Crippen LogP contribution in [0.1, 0.15) is 66.2 Å². The van der Waals surface area contributed by atoms with E-state index in [1.165, 1.54) is 0 Å². The van der Waals surface area contributed by atoms with Gasteiger partial charge in [-0.15, -0.1) is 0 Å². The van der Waals surface area contributed by atoms with Gasteiger partial charge in [-0.1, -0.05) is 27.7 Å². The molecule has 0 aliphatic heterocycles. The Bertz CT molecular complexity index is 371. The van der Waals surface area contributed by atoms with Crippen molar-refractivity contribution in [2.45, 2.75) is 77.4 Å². The molecule has 0 spiro atoms. The van der Waals surface area contributed by atoms with E-state index in [0.29, 0.717) is 24.8 Å². The van der Waals surface area contributed by atoms with Crippen LogP contribution < -0.4 is 5.73 Å². The molecule has 5 nitrogen and oxygen atoms in total. The molecule has 0 saturated heterocycles. The van der Waals surface area contributed by atoms with Crippen LogP contribution in [0.15, 0.2) is 11.3 Å². The molecule has 0 aromatic heterocycles. The van der Waals surface area contributed by atoms with Crippen LogP contribution in [0.3, 0.4) is 0 Å². The van der Waals surface area contributed by atoms with Crippen LogP contribution in [0.4, 0.5) is 0 Å². The molecular formula is C14H30NO4P. The Morgan fingerprint density at radius 3 is 2.00 bits per heavy atom. The lowest BCUT2D eigenvalue weighted by atomic mass is 9.85. The van der Waals surface area contributed by atoms with Gasteiger partial charge in [0.25, 0.3) is 0 Å². The van der Waals surface area contributed by atoms with Gasteiger partial charge in [0.15, 0.2) is 0 Å². The highest BCUT2D eigenvalue weighted by molar-refractivity contribution is 7.53. The van der Waals surface area contributed by atoms with Crippen LogP contribution in [-0.4, -0.2) is 26.1 Å². The fourth-order valence-corrected chi connectivity index (χ4v) is 4.03. The molecule has 0 radical (unpaired) electrons. The highest BCUT2D eigenvalue weighted by atomic mass is 31.2. The molecule has 0 heterocycles. The maximum Gasteiger partial charge on any atom is 0.335 e. The number of allylic oxidation sites excluding steroid dienone is 1. The van der Waals surface area contributed by atoms with Crippen LogP contribution in [0.2, 0.25) is 0 Å². The Morgan fingerprint density at radius 2 is 1.70 bits per heavy atom. The molecule has 0 rings (SSSR count). The number of aliphatic hydroxyl groups excluding tert-OH is 1. The summed E-state index contributed by atoms with van der Waals surface area (Å²) >= 11 is 0. The molecule has 0 bridgehead atoms. The Hall–Kier alpha value is -0.350. The Morgan fingerprint density at radius 1 is 1.20 bits per heavy atom. The van der Waals surface area contributed by atoms with Crippen molar-refractivity contribution in [3.05, 3.63) is 11.3 Å². The van der Waals surface area contributed by atoms with Gasteiger partial charge in [0.2, 0.25) is 0 Å². The first-order valence-corrected chi connectivity index (χ1v) is 9.03. The Balaban J connectivity index is 5.92. The van der Waals surface area contributed by atoms with Crippen LogP contribution in [0.25, 0.3) is 0 Å². The van der Waals surface area contributed by atoms with Crippen molar-refractivity contribution in [3.8, 4) is 0 Å². The molecule has 0 aliphatic rings. The number of rotatable bonds is 9. The van der Waals surface area contributed by atoms with Gasteiger partial charge in [-0.05, 0) is 37.7 Å². The summed E-state index contributed by atoms with van der Waals surface area (Å²) in [7, 11) is -4.38. The van der Waals surface area contributed by atoms with Gasteiger partial charge in [-0.2, -0.15) is 0 Å². The van der Waals surface area contributed by atoms with Crippen molar-refractivity contribution in [1.82, 2.24) is 0 Å². The average Bonchev–Trinajstić information content (AvgIpc) is 2.37. The van der Waals surface area contributed by atoms with Crippen LogP contribution in [0, 0.1) is 0 Å². The second-order valence-electron chi connectivity index (χ2n) is 5.33. The highest BCUT2D eigenvalue weighted by Crippen LogP contribution is 2.59. The van der Waals surface area contributed by atoms with Gasteiger partial charge in [0.1, 0.15) is 0 Å². The number of hydrogen-bond donors (Lipinski definition) is 4. The number of nitrogens with two attached hydrogens (primary N) is 1. The molecular weight excluding hydrogens is 277 g/mol. The summed E-state index contributed by atoms with van der Waals surface area (Å²) in [6.45, 7) is 7.35. The molecule has 1 unspecified atom stereocenters. The zero-order valence-electron chi connectivity index (χ0n) is 13.1. The normalized spacial score (nSPS) is 15.9. The first-order chi connectivity index (χ1) is 9.20. The quantitative estimate of drug-likeness (QED) is 0.386. The predicted octanol–water partition coefficient (Wildman–Crippen LogP) is 3.46. The highest BCUT2D eigenvalue weighted by Gasteiger charge is 2.48. The zero-order chi connectivity index (χ0) is 16.0. The van der Waals surface area contributed by atoms with E-state index in [-0.39, 0.29) is 24.6 Å². The third kappa shape index (κ3) is 4.32. The summed E-state index contributed by atoms with van der Waals surface area (Å²) in [5.41, 5.74) is 6.41. The molecule has 0 aromatic carbocycles. The third-order valence-electron chi connectivity index (χ3n) is 4.11. The second kappa shape index (κ2) is 8.18. The van der Waals surface area contributed by atoms with E-state index < -0.39 is 12.8 Å². The summed E-state index contributed by atoms with van der Waals surface area (Å²) < 4.78 is 12.0. The van der Waals surface area contributed by atoms with Crippen molar-refractivity contribution in [3.63, 3.8) is 0 Å². The zero-order valence-corrected chi connectivity index (χ0v) is 14.0. The predicted molar refractivity (Wildman–Crippen MR) is 82.8 cm³/mol. The fourth-order valence-electron chi connectivity index (χ4n) is 2.64. The van der Waals surface area contributed by atoms with E-state index in [9.17, 15) is 19.5 Å². The minimum absolute atomic E-state index is 0.100. The van der Waals surface area contributed by atoms with Gasteiger partial charge >= 0.3 is 7.60 Å². The van der Waals surface area contributed by atoms with E-state index in [1.807, 2.05) is 13.8 Å². The lowest BCUT2D eigenvalue weighted by molar-refractivity contribution is 0.308. The summed E-state index contributed by atoms with van der Waals surface area (Å²) in [4.78, 5) is 19.7. The molecule has 0 fully saturated rings. The number of hydrogen-bond acceptors (Lipinski definition) is 3. The first kappa shape index (κ1) is 19.7. The van der Waals surface area contributed by atoms with Gasteiger partial charge in [0.05, 0.1) is 10.9 Å². The standard InChI is InChI=1S/C14H30NO4P/c1-5-9-13(16)12(10-11(15)6-2)14(7-3,8-4)20(17,18)19/h11,16H,5-10,15H2,1-4H3,(H2,17,18,19). The van der Waals surface area contributed by atoms with Crippen LogP contribution in [0.5, 0.6) is 0 Å². The second-order valence-corrected chi connectivity index (χ2v) is 7.27. The fraction of sp³-hybridized carbons (Fsp3) is 0.857. The van der Waals surface area contributed by atoms with Gasteiger partial charge < -0.3 is 20.6 Å². The molecule has 0 aromatic rings. The van der Waals surface area contributed by atoms with Crippen LogP contribution >= 0.6 is 7.60 Å². The average molecular weight is 307 g/mol. The summed E-state index contributed by atoms with van der Waals surface area (Å²) in [5, 5.41) is 9.00. The molecule has 20 heavy (non-hydrogen) atoms. The maximum atomic E-state index is 12.0. The monoisotopic (exact) mass is 307 g/mol.